The molecule has 6 rings (SSSR count). The predicted octanol–water partition coefficient (Wildman–Crippen LogP) is 5.78. The average Bonchev–Trinajstić information content (AvgIpc) is 3.35. The van der Waals surface area contributed by atoms with Gasteiger partial charge in [-0.2, -0.15) is 0 Å². The van der Waals surface area contributed by atoms with E-state index in [1.54, 1.807) is 12.1 Å². The van der Waals surface area contributed by atoms with Crippen molar-refractivity contribution >= 4 is 22.6 Å². The first-order valence-electron chi connectivity index (χ1n) is 10.6. The summed E-state index contributed by atoms with van der Waals surface area (Å²) in [6.45, 7) is 1.97. The molecule has 2 aromatic carbocycles. The lowest BCUT2D eigenvalue weighted by atomic mass is 9.94. The summed E-state index contributed by atoms with van der Waals surface area (Å²) in [7, 11) is 0. The van der Waals surface area contributed by atoms with Gasteiger partial charge in [0.25, 0.3) is 0 Å². The fraction of sp³-hybridized carbons (Fsp3) is 0.200. The Labute approximate surface area is 189 Å². The summed E-state index contributed by atoms with van der Waals surface area (Å²) in [5.41, 5.74) is 3.58. The highest BCUT2D eigenvalue weighted by Crippen LogP contribution is 2.52. The summed E-state index contributed by atoms with van der Waals surface area (Å²) in [4.78, 5) is 21.1. The van der Waals surface area contributed by atoms with Crippen LogP contribution in [0.25, 0.3) is 22.2 Å². The molecule has 0 atom stereocenters. The van der Waals surface area contributed by atoms with E-state index in [-0.39, 0.29) is 18.8 Å². The van der Waals surface area contributed by atoms with E-state index in [0.717, 1.165) is 27.7 Å². The Kier molecular flexibility index (Phi) is 4.05. The van der Waals surface area contributed by atoms with E-state index in [9.17, 15) is 13.6 Å². The second-order valence-electron chi connectivity index (χ2n) is 8.51. The van der Waals surface area contributed by atoms with E-state index in [2.05, 4.69) is 25.8 Å². The molecule has 2 N–H and O–H groups in total. The van der Waals surface area contributed by atoms with Gasteiger partial charge in [-0.1, -0.05) is 18.2 Å². The van der Waals surface area contributed by atoms with Gasteiger partial charge in [0.1, 0.15) is 5.82 Å². The Balaban J connectivity index is 0.00000241. The van der Waals surface area contributed by atoms with Crippen molar-refractivity contribution in [3.05, 3.63) is 71.9 Å². The number of H-pyrrole nitrogens is 1. The number of nitrogens with one attached hydrogen (secondary N) is 2. The molecular formula is C25H21F2N3O3. The summed E-state index contributed by atoms with van der Waals surface area (Å²) in [5, 5.41) is 4.00. The lowest BCUT2D eigenvalue weighted by molar-refractivity contribution is -0.286. The monoisotopic (exact) mass is 449 g/mol. The molecule has 1 fully saturated rings. The number of anilines is 1. The van der Waals surface area contributed by atoms with Crippen molar-refractivity contribution in [2.24, 2.45) is 0 Å². The van der Waals surface area contributed by atoms with Gasteiger partial charge in [-0.15, -0.1) is 8.78 Å². The normalized spacial score (nSPS) is 17.2. The fourth-order valence-electron chi connectivity index (χ4n) is 4.35. The van der Waals surface area contributed by atoms with Crippen LogP contribution >= 0.6 is 0 Å². The topological polar surface area (TPSA) is 76.2 Å². The number of aromatic amines is 1. The Morgan fingerprint density at radius 3 is 2.70 bits per heavy atom. The van der Waals surface area contributed by atoms with E-state index < -0.39 is 11.7 Å². The largest absolute Gasteiger partial charge is 0.586 e. The summed E-state index contributed by atoms with van der Waals surface area (Å²) in [6.07, 6.45) is -0.585. The highest BCUT2D eigenvalue weighted by Gasteiger charge is 2.53. The number of ether oxygens (including phenoxy) is 2. The van der Waals surface area contributed by atoms with Crippen LogP contribution in [0, 0.1) is 6.92 Å². The van der Waals surface area contributed by atoms with Gasteiger partial charge in [0, 0.05) is 24.1 Å². The SMILES string of the molecule is Cc1ccc(NC(=O)C2(c3ccc4c(c3)OC(F)(F)O4)CC2)nc1-c1ccc2[nH]ccc2c1.[HH]. The minimum atomic E-state index is -3.69. The standard InChI is InChI=1S/C25H19F2N3O3.H2/c1-14-2-7-21(29-22(14)16-3-5-18-15(12-16)8-11-28-18)30-23(31)24(9-10-24)17-4-6-19-20(13-17)33-25(26,27)32-19;/h2-8,11-13,28H,9-10H2,1H3,(H,29,30,31);1H. The van der Waals surface area contributed by atoms with Gasteiger partial charge in [-0.05, 0) is 67.3 Å². The smallest absolute Gasteiger partial charge is 0.395 e. The molecule has 2 aromatic heterocycles. The van der Waals surface area contributed by atoms with Crippen molar-refractivity contribution in [1.82, 2.24) is 9.97 Å². The fourth-order valence-corrected chi connectivity index (χ4v) is 4.35. The Morgan fingerprint density at radius 2 is 1.88 bits per heavy atom. The van der Waals surface area contributed by atoms with Crippen LogP contribution in [0.2, 0.25) is 0 Å². The molecule has 0 bridgehead atoms. The van der Waals surface area contributed by atoms with E-state index in [0.29, 0.717) is 24.2 Å². The number of aromatic nitrogens is 2. The Morgan fingerprint density at radius 1 is 1.06 bits per heavy atom. The number of benzene rings is 2. The third-order valence-corrected chi connectivity index (χ3v) is 6.30. The highest BCUT2D eigenvalue weighted by atomic mass is 19.3. The maximum atomic E-state index is 13.4. The molecule has 2 aliphatic rings. The lowest BCUT2D eigenvalue weighted by Gasteiger charge is -2.17. The number of fused-ring (bicyclic) bond motifs is 2. The number of amides is 1. The van der Waals surface area contributed by atoms with Crippen molar-refractivity contribution in [2.45, 2.75) is 31.5 Å². The van der Waals surface area contributed by atoms with Crippen LogP contribution in [0.15, 0.2) is 60.8 Å². The lowest BCUT2D eigenvalue weighted by Crippen LogP contribution is -2.28. The van der Waals surface area contributed by atoms with E-state index in [1.165, 1.54) is 12.1 Å². The van der Waals surface area contributed by atoms with Crippen LogP contribution < -0.4 is 14.8 Å². The maximum absolute atomic E-state index is 13.4. The predicted molar refractivity (Wildman–Crippen MR) is 121 cm³/mol. The number of pyridine rings is 1. The molecule has 4 aromatic rings. The van der Waals surface area contributed by atoms with Gasteiger partial charge in [-0.25, -0.2) is 4.98 Å². The number of halogens is 2. The minimum absolute atomic E-state index is 0. The van der Waals surface area contributed by atoms with Crippen molar-refractivity contribution in [3.63, 3.8) is 0 Å². The highest BCUT2D eigenvalue weighted by molar-refractivity contribution is 6.01. The molecule has 8 heteroatoms. The molecular weight excluding hydrogens is 428 g/mol. The molecule has 33 heavy (non-hydrogen) atoms. The zero-order chi connectivity index (χ0) is 22.8. The van der Waals surface area contributed by atoms with Gasteiger partial charge >= 0.3 is 6.29 Å². The Hall–Kier alpha value is -3.94. The zero-order valence-corrected chi connectivity index (χ0v) is 17.6. The molecule has 168 valence electrons. The van der Waals surface area contributed by atoms with Crippen LogP contribution in [0.1, 0.15) is 25.4 Å². The van der Waals surface area contributed by atoms with Crippen molar-refractivity contribution < 1.29 is 24.5 Å². The summed E-state index contributed by atoms with van der Waals surface area (Å²) < 4.78 is 35.8. The first-order valence-corrected chi connectivity index (χ1v) is 10.6. The van der Waals surface area contributed by atoms with Crippen LogP contribution in [-0.4, -0.2) is 22.2 Å². The van der Waals surface area contributed by atoms with Crippen LogP contribution in [0.5, 0.6) is 11.5 Å². The molecule has 1 aliphatic carbocycles. The van der Waals surface area contributed by atoms with E-state index in [4.69, 9.17) is 4.98 Å². The van der Waals surface area contributed by atoms with E-state index >= 15 is 0 Å². The third-order valence-electron chi connectivity index (χ3n) is 6.30. The molecule has 0 radical (unpaired) electrons. The summed E-state index contributed by atoms with van der Waals surface area (Å²) >= 11 is 0. The maximum Gasteiger partial charge on any atom is 0.586 e. The molecule has 0 saturated heterocycles. The first-order chi connectivity index (χ1) is 15.8. The molecule has 1 aliphatic heterocycles. The van der Waals surface area contributed by atoms with E-state index in [1.807, 2.05) is 37.4 Å². The van der Waals surface area contributed by atoms with Crippen LogP contribution in [-0.2, 0) is 10.2 Å². The number of carbonyl (C=O) groups excluding carboxylic acids is 1. The molecule has 6 nitrogen and oxygen atoms in total. The van der Waals surface area contributed by atoms with Crippen molar-refractivity contribution in [2.75, 3.05) is 5.32 Å². The second kappa shape index (κ2) is 6.78. The van der Waals surface area contributed by atoms with Gasteiger partial charge in [0.15, 0.2) is 11.5 Å². The average molecular weight is 449 g/mol. The second-order valence-corrected chi connectivity index (χ2v) is 8.51. The summed E-state index contributed by atoms with van der Waals surface area (Å²) in [6, 6.07) is 16.2. The van der Waals surface area contributed by atoms with Crippen molar-refractivity contribution in [3.8, 4) is 22.8 Å². The minimum Gasteiger partial charge on any atom is -0.395 e. The quantitative estimate of drug-likeness (QED) is 0.414. The van der Waals surface area contributed by atoms with Gasteiger partial charge in [-0.3, -0.25) is 4.79 Å². The van der Waals surface area contributed by atoms with Crippen molar-refractivity contribution in [1.29, 1.82) is 0 Å². The molecule has 1 amide bonds. The summed E-state index contributed by atoms with van der Waals surface area (Å²) in [5.74, 6) is 0.112. The number of rotatable bonds is 4. The van der Waals surface area contributed by atoms with Gasteiger partial charge < -0.3 is 19.8 Å². The number of carbonyl (C=O) groups is 1. The first kappa shape index (κ1) is 19.7. The van der Waals surface area contributed by atoms with Crippen LogP contribution in [0.4, 0.5) is 14.6 Å². The molecule has 1 saturated carbocycles. The van der Waals surface area contributed by atoms with Gasteiger partial charge in [0.2, 0.25) is 5.91 Å². The zero-order valence-electron chi connectivity index (χ0n) is 17.6. The number of aryl methyl sites for hydroxylation is 1. The number of hydrogen-bond acceptors (Lipinski definition) is 4. The Bertz CT molecular complexity index is 1430. The van der Waals surface area contributed by atoms with Gasteiger partial charge in [0.05, 0.1) is 11.1 Å². The molecule has 0 spiro atoms. The number of nitrogens with zero attached hydrogens (tertiary/aromatic N) is 1. The third kappa shape index (κ3) is 3.29. The van der Waals surface area contributed by atoms with Crippen LogP contribution in [0.3, 0.4) is 0 Å². The molecule has 0 unspecified atom stereocenters. The number of alkyl halides is 2. The molecule has 3 heterocycles. The number of hydrogen-bond donors (Lipinski definition) is 2.